The third-order valence-corrected chi connectivity index (χ3v) is 7.81. The number of rotatable bonds is 6. The van der Waals surface area contributed by atoms with Crippen molar-refractivity contribution in [2.24, 2.45) is 10.9 Å². The lowest BCUT2D eigenvalue weighted by Crippen LogP contribution is -2.45. The normalized spacial score (nSPS) is 20.9. The van der Waals surface area contributed by atoms with Crippen LogP contribution in [0.3, 0.4) is 0 Å². The summed E-state index contributed by atoms with van der Waals surface area (Å²) in [5, 5.41) is 0. The van der Waals surface area contributed by atoms with Crippen LogP contribution in [-0.2, 0) is 9.59 Å². The first-order valence-corrected chi connectivity index (χ1v) is 13.5. The van der Waals surface area contributed by atoms with Gasteiger partial charge in [0, 0.05) is 37.3 Å². The van der Waals surface area contributed by atoms with Crippen LogP contribution >= 0.6 is 0 Å². The summed E-state index contributed by atoms with van der Waals surface area (Å²) >= 11 is 0. The number of Topliss-reactive ketones (excluding diaryl/α,β-unsaturated/α-hetero) is 1. The van der Waals surface area contributed by atoms with E-state index in [-0.39, 0.29) is 17.6 Å². The lowest BCUT2D eigenvalue weighted by molar-refractivity contribution is -0.123. The van der Waals surface area contributed by atoms with Gasteiger partial charge in [0.05, 0.1) is 23.3 Å². The van der Waals surface area contributed by atoms with E-state index in [1.807, 2.05) is 66.4 Å². The van der Waals surface area contributed by atoms with Crippen LogP contribution in [0.2, 0.25) is 0 Å². The number of fused-ring (bicyclic) bond motifs is 2. The molecule has 1 aliphatic carbocycles. The van der Waals surface area contributed by atoms with Crippen molar-refractivity contribution in [2.75, 3.05) is 22.9 Å². The Hall–Kier alpha value is -3.73. The Morgan fingerprint density at radius 3 is 2.22 bits per heavy atom. The first-order chi connectivity index (χ1) is 18.0. The molecule has 0 radical (unpaired) electrons. The summed E-state index contributed by atoms with van der Waals surface area (Å²) in [4.78, 5) is 36.7. The number of benzene rings is 3. The van der Waals surface area contributed by atoms with E-state index in [0.717, 1.165) is 35.7 Å². The number of aliphatic imine (C=N–C) groups is 1. The molecule has 5 rings (SSSR count). The van der Waals surface area contributed by atoms with E-state index in [1.165, 1.54) is 11.3 Å². The van der Waals surface area contributed by atoms with Crippen molar-refractivity contribution in [3.8, 4) is 0 Å². The summed E-state index contributed by atoms with van der Waals surface area (Å²) in [7, 11) is 0. The maximum absolute atomic E-state index is 14.0. The standard InChI is InChI=1S/C32H35N3O2/c1-4-30(37)35-28-15-11-10-14-26(28)33-27-20-24(22-16-18-25(19-17-22)34(5-2)6-3)21-29(36)31(27)32(35)23-12-8-7-9-13-23/h7-19,24,31-32H,4-6,20-21H2,1-3H3/t24-,31-,32-/m0/s1. The zero-order valence-electron chi connectivity index (χ0n) is 21.9. The van der Waals surface area contributed by atoms with Crippen molar-refractivity contribution >= 4 is 34.5 Å². The topological polar surface area (TPSA) is 53.0 Å². The summed E-state index contributed by atoms with van der Waals surface area (Å²) in [6.45, 7) is 8.12. The molecule has 5 nitrogen and oxygen atoms in total. The predicted octanol–water partition coefficient (Wildman–Crippen LogP) is 6.87. The molecule has 1 saturated carbocycles. The Morgan fingerprint density at radius 2 is 1.54 bits per heavy atom. The minimum Gasteiger partial charge on any atom is -0.372 e. The molecule has 190 valence electrons. The lowest BCUT2D eigenvalue weighted by atomic mass is 9.72. The molecule has 5 heteroatoms. The van der Waals surface area contributed by atoms with Gasteiger partial charge < -0.3 is 9.80 Å². The first-order valence-electron chi connectivity index (χ1n) is 13.5. The second-order valence-electron chi connectivity index (χ2n) is 9.88. The summed E-state index contributed by atoms with van der Waals surface area (Å²) in [6.07, 6.45) is 1.50. The maximum Gasteiger partial charge on any atom is 0.227 e. The van der Waals surface area contributed by atoms with Crippen LogP contribution in [0, 0.1) is 5.92 Å². The fraction of sp³-hybridized carbons (Fsp3) is 0.344. The van der Waals surface area contributed by atoms with Gasteiger partial charge in [-0.2, -0.15) is 0 Å². The molecule has 3 atom stereocenters. The smallest absolute Gasteiger partial charge is 0.227 e. The molecule has 0 spiro atoms. The first kappa shape index (κ1) is 24.9. The zero-order chi connectivity index (χ0) is 25.9. The van der Waals surface area contributed by atoms with Gasteiger partial charge in [-0.3, -0.25) is 14.6 Å². The summed E-state index contributed by atoms with van der Waals surface area (Å²) in [5.74, 6) is -0.236. The highest BCUT2D eigenvalue weighted by Crippen LogP contribution is 2.47. The maximum atomic E-state index is 14.0. The number of hydrogen-bond acceptors (Lipinski definition) is 4. The molecule has 0 N–H and O–H groups in total. The summed E-state index contributed by atoms with van der Waals surface area (Å²) < 4.78 is 0. The molecule has 3 aromatic rings. The van der Waals surface area contributed by atoms with Gasteiger partial charge in [-0.15, -0.1) is 0 Å². The quantitative estimate of drug-likeness (QED) is 0.377. The average molecular weight is 494 g/mol. The van der Waals surface area contributed by atoms with E-state index in [4.69, 9.17) is 4.99 Å². The van der Waals surface area contributed by atoms with Crippen LogP contribution in [0.1, 0.15) is 63.1 Å². The predicted molar refractivity (Wildman–Crippen MR) is 151 cm³/mol. The average Bonchev–Trinajstić information content (AvgIpc) is 3.09. The van der Waals surface area contributed by atoms with Gasteiger partial charge in [0.15, 0.2) is 0 Å². The third kappa shape index (κ3) is 4.71. The van der Waals surface area contributed by atoms with Gasteiger partial charge in [-0.25, -0.2) is 0 Å². The minimum atomic E-state index is -0.462. The van der Waals surface area contributed by atoms with Crippen molar-refractivity contribution in [2.45, 2.75) is 52.0 Å². The van der Waals surface area contributed by atoms with Gasteiger partial charge >= 0.3 is 0 Å². The number of hydrogen-bond donors (Lipinski definition) is 0. The van der Waals surface area contributed by atoms with Crippen molar-refractivity contribution in [1.29, 1.82) is 0 Å². The number of carbonyl (C=O) groups is 2. The van der Waals surface area contributed by atoms with Crippen molar-refractivity contribution in [3.63, 3.8) is 0 Å². The molecule has 2 aliphatic rings. The van der Waals surface area contributed by atoms with E-state index < -0.39 is 12.0 Å². The Kier molecular flexibility index (Phi) is 7.22. The Morgan fingerprint density at radius 1 is 0.865 bits per heavy atom. The highest BCUT2D eigenvalue weighted by atomic mass is 16.2. The zero-order valence-corrected chi connectivity index (χ0v) is 21.9. The van der Waals surface area contributed by atoms with E-state index in [2.05, 4.69) is 43.0 Å². The van der Waals surface area contributed by atoms with E-state index >= 15 is 0 Å². The monoisotopic (exact) mass is 493 g/mol. The molecule has 1 aliphatic heterocycles. The minimum absolute atomic E-state index is 0.000308. The van der Waals surface area contributed by atoms with Crippen LogP contribution in [-0.4, -0.2) is 30.5 Å². The molecule has 37 heavy (non-hydrogen) atoms. The Bertz CT molecular complexity index is 1300. The number of nitrogens with zero attached hydrogens (tertiary/aromatic N) is 3. The van der Waals surface area contributed by atoms with Crippen molar-refractivity contribution in [1.82, 2.24) is 0 Å². The van der Waals surface area contributed by atoms with Gasteiger partial charge in [0.1, 0.15) is 5.78 Å². The molecular formula is C32H35N3O2. The van der Waals surface area contributed by atoms with E-state index in [0.29, 0.717) is 19.3 Å². The molecular weight excluding hydrogens is 458 g/mol. The van der Waals surface area contributed by atoms with Crippen molar-refractivity contribution in [3.05, 3.63) is 90.0 Å². The Labute approximate surface area is 219 Å². The van der Waals surface area contributed by atoms with Crippen LogP contribution in [0.15, 0.2) is 83.9 Å². The van der Waals surface area contributed by atoms with Gasteiger partial charge in [0.2, 0.25) is 5.91 Å². The van der Waals surface area contributed by atoms with Gasteiger partial charge in [-0.1, -0.05) is 61.5 Å². The molecule has 0 unspecified atom stereocenters. The van der Waals surface area contributed by atoms with Gasteiger partial charge in [-0.05, 0) is 61.6 Å². The Balaban J connectivity index is 1.58. The molecule has 3 aromatic carbocycles. The molecule has 1 heterocycles. The van der Waals surface area contributed by atoms with E-state index in [1.54, 1.807) is 0 Å². The second-order valence-corrected chi connectivity index (χ2v) is 9.88. The van der Waals surface area contributed by atoms with E-state index in [9.17, 15) is 9.59 Å². The summed E-state index contributed by atoms with van der Waals surface area (Å²) in [6, 6.07) is 26.0. The SMILES string of the molecule is CCC(=O)N1c2ccccc2N=C2C[C@H](c3ccc(N(CC)CC)cc3)CC(=O)[C@H]2[C@@H]1c1ccccc1. The molecule has 0 saturated heterocycles. The van der Waals surface area contributed by atoms with Crippen LogP contribution in [0.5, 0.6) is 0 Å². The van der Waals surface area contributed by atoms with Crippen LogP contribution in [0.25, 0.3) is 0 Å². The highest BCUT2D eigenvalue weighted by molar-refractivity contribution is 6.13. The van der Waals surface area contributed by atoms with Crippen LogP contribution < -0.4 is 9.80 Å². The van der Waals surface area contributed by atoms with Gasteiger partial charge in [0.25, 0.3) is 0 Å². The second kappa shape index (κ2) is 10.7. The van der Waals surface area contributed by atoms with Crippen LogP contribution in [0.4, 0.5) is 17.1 Å². The number of para-hydroxylation sites is 2. The highest BCUT2D eigenvalue weighted by Gasteiger charge is 2.45. The number of ketones is 1. The largest absolute Gasteiger partial charge is 0.372 e. The lowest BCUT2D eigenvalue weighted by Gasteiger charge is -2.39. The third-order valence-electron chi connectivity index (χ3n) is 7.81. The number of amides is 1. The molecule has 0 aromatic heterocycles. The fourth-order valence-corrected chi connectivity index (χ4v) is 5.93. The fourth-order valence-electron chi connectivity index (χ4n) is 5.93. The molecule has 1 fully saturated rings. The molecule has 1 amide bonds. The number of anilines is 2. The number of carbonyl (C=O) groups excluding carboxylic acids is 2. The van der Waals surface area contributed by atoms with Crippen molar-refractivity contribution < 1.29 is 9.59 Å². The molecule has 0 bridgehead atoms. The summed E-state index contributed by atoms with van der Waals surface area (Å²) in [5.41, 5.74) is 5.75.